The quantitative estimate of drug-likeness (QED) is 0.768. The third-order valence-electron chi connectivity index (χ3n) is 4.81. The van der Waals surface area contributed by atoms with Crippen LogP contribution in [0.2, 0.25) is 0 Å². The molecule has 1 aliphatic rings. The molecule has 2 aromatic rings. The second-order valence-corrected chi connectivity index (χ2v) is 6.58. The zero-order valence-electron chi connectivity index (χ0n) is 16.1. The van der Waals surface area contributed by atoms with Crippen molar-refractivity contribution in [3.8, 4) is 11.5 Å². The number of carbonyl (C=O) groups is 2. The number of carboxylic acid groups (broad SMARTS) is 1. The minimum absolute atomic E-state index is 0.193. The van der Waals surface area contributed by atoms with Gasteiger partial charge in [-0.3, -0.25) is 9.59 Å². The number of ether oxygens (including phenoxy) is 2. The van der Waals surface area contributed by atoms with Gasteiger partial charge in [0.15, 0.2) is 11.5 Å². The molecular formula is C21H23NO6. The highest BCUT2D eigenvalue weighted by Gasteiger charge is 2.32. The Labute approximate surface area is 163 Å². The molecule has 0 saturated heterocycles. The van der Waals surface area contributed by atoms with Gasteiger partial charge in [0.1, 0.15) is 11.5 Å². The SMILES string of the molecule is COc1cc2c(cc1OC)C(CC(=O)O)N(C(=O)/C=C/c1ccc(C)o1)CC2. The third kappa shape index (κ3) is 4.03. The predicted octanol–water partition coefficient (Wildman–Crippen LogP) is 3.22. The van der Waals surface area contributed by atoms with Crippen LogP contribution in [-0.4, -0.2) is 42.6 Å². The lowest BCUT2D eigenvalue weighted by atomic mass is 9.90. The molecule has 3 rings (SSSR count). The van der Waals surface area contributed by atoms with Crippen molar-refractivity contribution in [1.29, 1.82) is 0 Å². The van der Waals surface area contributed by atoms with Gasteiger partial charge in [-0.2, -0.15) is 0 Å². The van der Waals surface area contributed by atoms with E-state index in [4.69, 9.17) is 13.9 Å². The number of fused-ring (bicyclic) bond motifs is 1. The summed E-state index contributed by atoms with van der Waals surface area (Å²) in [5.41, 5.74) is 1.72. The van der Waals surface area contributed by atoms with Crippen LogP contribution in [0.15, 0.2) is 34.8 Å². The summed E-state index contributed by atoms with van der Waals surface area (Å²) in [7, 11) is 3.08. The van der Waals surface area contributed by atoms with Crippen molar-refractivity contribution in [2.24, 2.45) is 0 Å². The molecule has 1 atom stereocenters. The number of carboxylic acids is 1. The molecule has 7 nitrogen and oxygen atoms in total. The highest BCUT2D eigenvalue weighted by Crippen LogP contribution is 2.39. The Morgan fingerprint density at radius 2 is 1.96 bits per heavy atom. The maximum atomic E-state index is 12.8. The molecule has 0 radical (unpaired) electrons. The summed E-state index contributed by atoms with van der Waals surface area (Å²) in [6.07, 6.45) is 3.42. The van der Waals surface area contributed by atoms with E-state index in [2.05, 4.69) is 0 Å². The predicted molar refractivity (Wildman–Crippen MR) is 102 cm³/mol. The molecule has 1 aliphatic heterocycles. The van der Waals surface area contributed by atoms with Crippen molar-refractivity contribution in [3.63, 3.8) is 0 Å². The summed E-state index contributed by atoms with van der Waals surface area (Å²) in [5.74, 6) is 1.18. The molecule has 28 heavy (non-hydrogen) atoms. The maximum Gasteiger partial charge on any atom is 0.305 e. The molecule has 7 heteroatoms. The van der Waals surface area contributed by atoms with E-state index in [9.17, 15) is 14.7 Å². The summed E-state index contributed by atoms with van der Waals surface area (Å²) in [6.45, 7) is 2.24. The standard InChI is InChI=1S/C21H23NO6/c1-13-4-5-15(28-13)6-7-20(23)22-9-8-14-10-18(26-2)19(27-3)11-16(14)17(22)12-21(24)25/h4-7,10-11,17H,8-9,12H2,1-3H3,(H,24,25)/b7-6+. The van der Waals surface area contributed by atoms with Crippen LogP contribution in [0.5, 0.6) is 11.5 Å². The average Bonchev–Trinajstić information content (AvgIpc) is 3.10. The fraction of sp³-hybridized carbons (Fsp3) is 0.333. The first-order valence-corrected chi connectivity index (χ1v) is 8.94. The number of hydrogen-bond acceptors (Lipinski definition) is 5. The Balaban J connectivity index is 1.93. The van der Waals surface area contributed by atoms with Gasteiger partial charge in [-0.25, -0.2) is 0 Å². The van der Waals surface area contributed by atoms with Crippen LogP contribution in [0.1, 0.15) is 35.1 Å². The fourth-order valence-electron chi connectivity index (χ4n) is 3.47. The van der Waals surface area contributed by atoms with Crippen molar-refractivity contribution in [2.75, 3.05) is 20.8 Å². The van der Waals surface area contributed by atoms with Crippen molar-refractivity contribution < 1.29 is 28.6 Å². The summed E-state index contributed by atoms with van der Waals surface area (Å²) < 4.78 is 16.1. The minimum Gasteiger partial charge on any atom is -0.493 e. The molecule has 1 aromatic carbocycles. The van der Waals surface area contributed by atoms with Gasteiger partial charge in [-0.1, -0.05) is 0 Å². The van der Waals surface area contributed by atoms with Crippen molar-refractivity contribution >= 4 is 18.0 Å². The van der Waals surface area contributed by atoms with E-state index in [1.54, 1.807) is 30.2 Å². The Kier molecular flexibility index (Phi) is 5.73. The van der Waals surface area contributed by atoms with Gasteiger partial charge >= 0.3 is 5.97 Å². The number of nitrogens with zero attached hydrogens (tertiary/aromatic N) is 1. The fourth-order valence-corrected chi connectivity index (χ4v) is 3.47. The summed E-state index contributed by atoms with van der Waals surface area (Å²) in [4.78, 5) is 25.9. The van der Waals surface area contributed by atoms with Crippen LogP contribution in [0.25, 0.3) is 6.08 Å². The van der Waals surface area contributed by atoms with E-state index in [1.165, 1.54) is 13.2 Å². The Morgan fingerprint density at radius 1 is 1.25 bits per heavy atom. The number of aryl methyl sites for hydroxylation is 1. The number of hydrogen-bond donors (Lipinski definition) is 1. The van der Waals surface area contributed by atoms with E-state index >= 15 is 0 Å². The number of aliphatic carboxylic acids is 1. The van der Waals surface area contributed by atoms with E-state index in [0.29, 0.717) is 30.2 Å². The van der Waals surface area contributed by atoms with Crippen LogP contribution in [-0.2, 0) is 16.0 Å². The first kappa shape index (κ1) is 19.5. The van der Waals surface area contributed by atoms with Gasteiger partial charge in [-0.15, -0.1) is 0 Å². The summed E-state index contributed by atoms with van der Waals surface area (Å²) >= 11 is 0. The highest BCUT2D eigenvalue weighted by atomic mass is 16.5. The van der Waals surface area contributed by atoms with E-state index in [-0.39, 0.29) is 12.3 Å². The van der Waals surface area contributed by atoms with E-state index in [1.807, 2.05) is 19.1 Å². The molecule has 0 spiro atoms. The normalized spacial score (nSPS) is 16.1. The molecule has 1 amide bonds. The minimum atomic E-state index is -0.976. The Hall–Kier alpha value is -3.22. The van der Waals surface area contributed by atoms with Crippen molar-refractivity contribution in [2.45, 2.75) is 25.8 Å². The number of methoxy groups -OCH3 is 2. The molecule has 148 valence electrons. The molecule has 1 unspecified atom stereocenters. The second-order valence-electron chi connectivity index (χ2n) is 6.58. The zero-order chi connectivity index (χ0) is 20.3. The topological polar surface area (TPSA) is 89.2 Å². The molecular weight excluding hydrogens is 362 g/mol. The van der Waals surface area contributed by atoms with Gasteiger partial charge in [0.2, 0.25) is 5.91 Å². The van der Waals surface area contributed by atoms with Crippen molar-refractivity contribution in [3.05, 3.63) is 53.0 Å². The largest absolute Gasteiger partial charge is 0.493 e. The molecule has 0 saturated carbocycles. The molecule has 1 N–H and O–H groups in total. The van der Waals surface area contributed by atoms with Crippen LogP contribution in [0.4, 0.5) is 0 Å². The maximum absolute atomic E-state index is 12.8. The number of furan rings is 1. The lowest BCUT2D eigenvalue weighted by Gasteiger charge is -2.36. The van der Waals surface area contributed by atoms with Crippen LogP contribution >= 0.6 is 0 Å². The molecule has 0 fully saturated rings. The number of rotatable bonds is 6. The lowest BCUT2D eigenvalue weighted by molar-refractivity contribution is -0.140. The first-order valence-electron chi connectivity index (χ1n) is 8.94. The molecule has 1 aromatic heterocycles. The lowest BCUT2D eigenvalue weighted by Crippen LogP contribution is -2.40. The van der Waals surface area contributed by atoms with Crippen LogP contribution in [0, 0.1) is 6.92 Å². The van der Waals surface area contributed by atoms with Gasteiger partial charge in [0, 0.05) is 12.6 Å². The van der Waals surface area contributed by atoms with Crippen molar-refractivity contribution in [1.82, 2.24) is 4.90 Å². The molecule has 0 aliphatic carbocycles. The van der Waals surface area contributed by atoms with Gasteiger partial charge < -0.3 is 23.9 Å². The second kappa shape index (κ2) is 8.21. The Bertz CT molecular complexity index is 914. The molecule has 2 heterocycles. The van der Waals surface area contributed by atoms with Gasteiger partial charge in [-0.05, 0) is 54.8 Å². The Morgan fingerprint density at radius 3 is 2.57 bits per heavy atom. The first-order chi connectivity index (χ1) is 13.4. The van der Waals surface area contributed by atoms with Crippen LogP contribution in [0.3, 0.4) is 0 Å². The number of amides is 1. The van der Waals surface area contributed by atoms with Crippen LogP contribution < -0.4 is 9.47 Å². The van der Waals surface area contributed by atoms with E-state index < -0.39 is 12.0 Å². The van der Waals surface area contributed by atoms with Gasteiger partial charge in [0.25, 0.3) is 0 Å². The number of benzene rings is 1. The summed E-state index contributed by atoms with van der Waals surface area (Å²) in [5, 5.41) is 9.40. The third-order valence-corrected chi connectivity index (χ3v) is 4.81. The zero-order valence-corrected chi connectivity index (χ0v) is 16.1. The average molecular weight is 385 g/mol. The highest BCUT2D eigenvalue weighted by molar-refractivity contribution is 5.92. The monoisotopic (exact) mass is 385 g/mol. The summed E-state index contributed by atoms with van der Waals surface area (Å²) in [6, 6.07) is 6.62. The van der Waals surface area contributed by atoms with E-state index in [0.717, 1.165) is 16.9 Å². The molecule has 0 bridgehead atoms. The number of carbonyl (C=O) groups excluding carboxylic acids is 1. The van der Waals surface area contributed by atoms with Gasteiger partial charge in [0.05, 0.1) is 26.7 Å². The smallest absolute Gasteiger partial charge is 0.305 e.